The molecule has 5 rings (SSSR count). The predicted octanol–water partition coefficient (Wildman–Crippen LogP) is 6.15. The highest BCUT2D eigenvalue weighted by molar-refractivity contribution is 5.97. The highest BCUT2D eigenvalue weighted by Gasteiger charge is 2.28. The van der Waals surface area contributed by atoms with Gasteiger partial charge in [0.25, 0.3) is 5.91 Å². The first kappa shape index (κ1) is 31.1. The fourth-order valence-corrected chi connectivity index (χ4v) is 6.20. The van der Waals surface area contributed by atoms with Gasteiger partial charge in [-0.3, -0.25) is 19.7 Å². The molecule has 8 nitrogen and oxygen atoms in total. The molecule has 44 heavy (non-hydrogen) atoms. The van der Waals surface area contributed by atoms with Crippen LogP contribution >= 0.6 is 0 Å². The summed E-state index contributed by atoms with van der Waals surface area (Å²) in [6.07, 6.45) is 10.4. The van der Waals surface area contributed by atoms with Crippen LogP contribution in [0.4, 0.5) is 5.69 Å². The summed E-state index contributed by atoms with van der Waals surface area (Å²) < 4.78 is 5.41. The Bertz CT molecular complexity index is 1510. The summed E-state index contributed by atoms with van der Waals surface area (Å²) in [5.41, 5.74) is 7.91. The van der Waals surface area contributed by atoms with E-state index in [9.17, 15) is 4.79 Å². The maximum absolute atomic E-state index is 13.2. The predicted molar refractivity (Wildman–Crippen MR) is 176 cm³/mol. The summed E-state index contributed by atoms with van der Waals surface area (Å²) in [6.45, 7) is 11.8. The van der Waals surface area contributed by atoms with E-state index in [1.807, 2.05) is 56.6 Å². The number of ether oxygens (including phenoxy) is 1. The third-order valence-corrected chi connectivity index (χ3v) is 8.90. The molecule has 1 amide bonds. The fraction of sp³-hybridized carbons (Fsp3) is 0.389. The Hall–Kier alpha value is -4.30. The average molecular weight is 593 g/mol. The molecule has 1 aliphatic rings. The second-order valence-corrected chi connectivity index (χ2v) is 11.8. The first-order chi connectivity index (χ1) is 21.3. The number of carbonyl (C=O) groups excluding carboxylic acids is 1. The molecule has 230 valence electrons. The standard InChI is InChI=1S/C36H44N6O2/c1-25-10-16-38-23-30(25)24-42(31-6-8-33(44-5)9-7-31)32-14-20-41(21-15-32)27(3)11-19-39-36(43)35-26(2)22-34(40-28(35)4)29-12-17-37-18-13-29/h6-10,12-13,16-18,22-23,27,32H,11,14-15,19-21,24H2,1-5H3,(H,39,43)/t27-/m1/s1. The summed E-state index contributed by atoms with van der Waals surface area (Å²) in [4.78, 5) is 31.5. The van der Waals surface area contributed by atoms with Gasteiger partial charge in [-0.05, 0) is 112 Å². The van der Waals surface area contributed by atoms with Crippen molar-refractivity contribution in [3.63, 3.8) is 0 Å². The van der Waals surface area contributed by atoms with Gasteiger partial charge in [0.15, 0.2) is 0 Å². The SMILES string of the molecule is COc1ccc(N(Cc2cnccc2C)C2CCN([C@H](C)CCNC(=O)c3c(C)cc(-c4ccncc4)nc3C)CC2)cc1. The van der Waals surface area contributed by atoms with Gasteiger partial charge in [-0.2, -0.15) is 0 Å². The molecule has 0 bridgehead atoms. The molecule has 1 fully saturated rings. The van der Waals surface area contributed by atoms with Crippen molar-refractivity contribution in [2.24, 2.45) is 0 Å². The van der Waals surface area contributed by atoms with Crippen LogP contribution < -0.4 is 15.0 Å². The third-order valence-electron chi connectivity index (χ3n) is 8.90. The van der Waals surface area contributed by atoms with Crippen molar-refractivity contribution in [3.8, 4) is 17.0 Å². The number of aryl methyl sites for hydroxylation is 3. The number of anilines is 1. The molecular formula is C36H44N6O2. The van der Waals surface area contributed by atoms with Gasteiger partial charge in [-0.15, -0.1) is 0 Å². The van der Waals surface area contributed by atoms with Crippen molar-refractivity contribution < 1.29 is 9.53 Å². The van der Waals surface area contributed by atoms with Gasteiger partial charge in [0.2, 0.25) is 0 Å². The van der Waals surface area contributed by atoms with Crippen molar-refractivity contribution in [1.29, 1.82) is 0 Å². The molecule has 1 aliphatic heterocycles. The molecule has 8 heteroatoms. The lowest BCUT2D eigenvalue weighted by atomic mass is 9.99. The molecule has 1 saturated heterocycles. The Morgan fingerprint density at radius 2 is 1.70 bits per heavy atom. The highest BCUT2D eigenvalue weighted by atomic mass is 16.5. The number of amides is 1. The lowest BCUT2D eigenvalue weighted by Crippen LogP contribution is -2.48. The second-order valence-electron chi connectivity index (χ2n) is 11.8. The topological polar surface area (TPSA) is 83.5 Å². The van der Waals surface area contributed by atoms with Crippen LogP contribution in [0, 0.1) is 20.8 Å². The molecule has 0 aliphatic carbocycles. The Morgan fingerprint density at radius 3 is 2.36 bits per heavy atom. The van der Waals surface area contributed by atoms with Gasteiger partial charge in [-0.25, -0.2) is 0 Å². The van der Waals surface area contributed by atoms with Gasteiger partial charge in [0.1, 0.15) is 5.75 Å². The van der Waals surface area contributed by atoms with Crippen LogP contribution in [0.2, 0.25) is 0 Å². The normalized spacial score (nSPS) is 14.7. The Kier molecular flexibility index (Phi) is 10.2. The van der Waals surface area contributed by atoms with Crippen LogP contribution in [0.3, 0.4) is 0 Å². The monoisotopic (exact) mass is 592 g/mol. The van der Waals surface area contributed by atoms with Gasteiger partial charge in [0, 0.05) is 74.3 Å². The molecule has 1 atom stereocenters. The van der Waals surface area contributed by atoms with Crippen molar-refractivity contribution in [1.82, 2.24) is 25.2 Å². The molecule has 4 aromatic rings. The molecule has 1 N–H and O–H groups in total. The lowest BCUT2D eigenvalue weighted by molar-refractivity contribution is 0.0943. The third kappa shape index (κ3) is 7.42. The van der Waals surface area contributed by atoms with Crippen LogP contribution in [-0.2, 0) is 6.54 Å². The Morgan fingerprint density at radius 1 is 1.00 bits per heavy atom. The molecule has 3 aromatic heterocycles. The van der Waals surface area contributed by atoms with Crippen LogP contribution in [-0.4, -0.2) is 64.6 Å². The maximum atomic E-state index is 13.2. The van der Waals surface area contributed by atoms with Gasteiger partial charge in [0.05, 0.1) is 24.1 Å². The fourth-order valence-electron chi connectivity index (χ4n) is 6.20. The molecule has 0 spiro atoms. The Balaban J connectivity index is 1.16. The second kappa shape index (κ2) is 14.4. The minimum absolute atomic E-state index is 0.0551. The molecule has 1 aromatic carbocycles. The van der Waals surface area contributed by atoms with E-state index < -0.39 is 0 Å². The average Bonchev–Trinajstić information content (AvgIpc) is 3.04. The van der Waals surface area contributed by atoms with E-state index >= 15 is 0 Å². The van der Waals surface area contributed by atoms with Gasteiger partial charge < -0.3 is 19.9 Å². The summed E-state index contributed by atoms with van der Waals surface area (Å²) in [5, 5.41) is 3.16. The van der Waals surface area contributed by atoms with Crippen LogP contribution in [0.15, 0.2) is 73.3 Å². The Labute approximate surface area is 261 Å². The lowest BCUT2D eigenvalue weighted by Gasteiger charge is -2.42. The van der Waals surface area contributed by atoms with E-state index in [2.05, 4.69) is 57.1 Å². The number of methoxy groups -OCH3 is 1. The largest absolute Gasteiger partial charge is 0.497 e. The van der Waals surface area contributed by atoms with Gasteiger partial charge in [-0.1, -0.05) is 0 Å². The molecule has 0 saturated carbocycles. The number of aromatic nitrogens is 3. The zero-order chi connectivity index (χ0) is 31.1. The van der Waals surface area contributed by atoms with E-state index in [1.54, 1.807) is 19.5 Å². The summed E-state index contributed by atoms with van der Waals surface area (Å²) >= 11 is 0. The zero-order valence-electron chi connectivity index (χ0n) is 26.6. The number of likely N-dealkylation sites (tertiary alicyclic amines) is 1. The quantitative estimate of drug-likeness (QED) is 0.224. The molecule has 4 heterocycles. The number of piperidine rings is 1. The number of benzene rings is 1. The van der Waals surface area contributed by atoms with Crippen molar-refractivity contribution >= 4 is 11.6 Å². The van der Waals surface area contributed by atoms with Crippen LogP contribution in [0.1, 0.15) is 58.9 Å². The maximum Gasteiger partial charge on any atom is 0.253 e. The van der Waals surface area contributed by atoms with E-state index in [-0.39, 0.29) is 5.91 Å². The highest BCUT2D eigenvalue weighted by Crippen LogP contribution is 2.29. The minimum Gasteiger partial charge on any atom is -0.497 e. The number of nitrogens with one attached hydrogen (secondary N) is 1. The van der Waals surface area contributed by atoms with Crippen molar-refractivity contribution in [2.75, 3.05) is 31.6 Å². The molecule has 0 radical (unpaired) electrons. The number of nitrogens with zero attached hydrogens (tertiary/aromatic N) is 5. The molecular weight excluding hydrogens is 548 g/mol. The summed E-state index contributed by atoms with van der Waals surface area (Å²) in [7, 11) is 1.70. The number of hydrogen-bond acceptors (Lipinski definition) is 7. The zero-order valence-corrected chi connectivity index (χ0v) is 26.6. The van der Waals surface area contributed by atoms with Crippen molar-refractivity contribution in [2.45, 2.75) is 65.6 Å². The number of pyridine rings is 3. The van der Waals surface area contributed by atoms with Crippen molar-refractivity contribution in [3.05, 3.63) is 101 Å². The number of hydrogen-bond donors (Lipinski definition) is 1. The van der Waals surface area contributed by atoms with Crippen LogP contribution in [0.25, 0.3) is 11.3 Å². The number of carbonyl (C=O) groups is 1. The van der Waals surface area contributed by atoms with E-state index in [1.165, 1.54) is 16.8 Å². The van der Waals surface area contributed by atoms with Crippen LogP contribution in [0.5, 0.6) is 5.75 Å². The molecule has 0 unspecified atom stereocenters. The van der Waals surface area contributed by atoms with E-state index in [4.69, 9.17) is 9.72 Å². The summed E-state index contributed by atoms with van der Waals surface area (Å²) in [6, 6.07) is 17.1. The van der Waals surface area contributed by atoms with E-state index in [0.29, 0.717) is 24.2 Å². The van der Waals surface area contributed by atoms with Gasteiger partial charge >= 0.3 is 0 Å². The first-order valence-corrected chi connectivity index (χ1v) is 15.5. The smallest absolute Gasteiger partial charge is 0.253 e. The minimum atomic E-state index is -0.0551. The van der Waals surface area contributed by atoms with E-state index in [0.717, 1.165) is 67.2 Å². The first-order valence-electron chi connectivity index (χ1n) is 15.5. The summed E-state index contributed by atoms with van der Waals surface area (Å²) in [5.74, 6) is 0.811. The number of rotatable bonds is 11.